The summed E-state index contributed by atoms with van der Waals surface area (Å²) in [5.74, 6) is 0.670. The number of hydrogen-bond acceptors (Lipinski definition) is 3. The summed E-state index contributed by atoms with van der Waals surface area (Å²) >= 11 is 6.71. The van der Waals surface area contributed by atoms with Crippen LogP contribution in [0.25, 0.3) is 11.3 Å². The first kappa shape index (κ1) is 12.9. The molecule has 0 aliphatic heterocycles. The Hall–Kier alpha value is -0.590. The van der Waals surface area contributed by atoms with E-state index in [1.54, 1.807) is 24.5 Å². The van der Waals surface area contributed by atoms with Gasteiger partial charge in [-0.2, -0.15) is 0 Å². The van der Waals surface area contributed by atoms with Crippen LogP contribution in [0, 0.1) is 0 Å². The molecule has 0 amide bonds. The van der Waals surface area contributed by atoms with E-state index < -0.39 is 9.84 Å². The third-order valence-electron chi connectivity index (χ3n) is 2.21. The van der Waals surface area contributed by atoms with Crippen LogP contribution in [0.2, 0.25) is 0 Å². The fourth-order valence-corrected chi connectivity index (χ4v) is 3.96. The van der Waals surface area contributed by atoms with Gasteiger partial charge in [0, 0.05) is 20.8 Å². The minimum Gasteiger partial charge on any atom is -0.464 e. The predicted octanol–water partition coefficient (Wildman–Crippen LogP) is 3.88. The average molecular weight is 380 g/mol. The minimum absolute atomic E-state index is 0.256. The number of rotatable bonds is 2. The van der Waals surface area contributed by atoms with Crippen LogP contribution >= 0.6 is 31.9 Å². The molecule has 0 aliphatic rings. The zero-order chi connectivity index (χ0) is 12.6. The summed E-state index contributed by atoms with van der Waals surface area (Å²) in [6.07, 6.45) is 2.74. The average Bonchev–Trinajstić information content (AvgIpc) is 2.68. The van der Waals surface area contributed by atoms with Gasteiger partial charge >= 0.3 is 0 Å². The lowest BCUT2D eigenvalue weighted by molar-refractivity contribution is 0.581. The van der Waals surface area contributed by atoms with Gasteiger partial charge in [-0.25, -0.2) is 8.42 Å². The molecular weight excluding hydrogens is 372 g/mol. The van der Waals surface area contributed by atoms with Gasteiger partial charge in [0.05, 0.1) is 11.2 Å². The molecule has 90 valence electrons. The molecule has 0 fully saturated rings. The van der Waals surface area contributed by atoms with Crippen LogP contribution in [0.3, 0.4) is 0 Å². The molecule has 0 saturated carbocycles. The summed E-state index contributed by atoms with van der Waals surface area (Å²) in [6.45, 7) is 0. The molecule has 1 aromatic heterocycles. The Labute approximate surface area is 116 Å². The number of furan rings is 1. The van der Waals surface area contributed by atoms with Gasteiger partial charge in [0.2, 0.25) is 0 Å². The lowest BCUT2D eigenvalue weighted by Gasteiger charge is -2.07. The van der Waals surface area contributed by atoms with Gasteiger partial charge in [0.1, 0.15) is 5.76 Å². The third kappa shape index (κ3) is 2.64. The van der Waals surface area contributed by atoms with Crippen molar-refractivity contribution >= 4 is 41.7 Å². The van der Waals surface area contributed by atoms with Crippen molar-refractivity contribution in [3.05, 3.63) is 39.5 Å². The van der Waals surface area contributed by atoms with E-state index in [0.717, 1.165) is 5.56 Å². The molecule has 3 nitrogen and oxygen atoms in total. The van der Waals surface area contributed by atoms with Crippen molar-refractivity contribution in [2.45, 2.75) is 4.90 Å². The Morgan fingerprint density at radius 2 is 1.76 bits per heavy atom. The lowest BCUT2D eigenvalue weighted by atomic mass is 10.2. The molecule has 17 heavy (non-hydrogen) atoms. The van der Waals surface area contributed by atoms with Crippen LogP contribution in [0.4, 0.5) is 0 Å². The topological polar surface area (TPSA) is 47.3 Å². The van der Waals surface area contributed by atoms with Crippen molar-refractivity contribution < 1.29 is 12.8 Å². The van der Waals surface area contributed by atoms with Crippen molar-refractivity contribution in [3.8, 4) is 11.3 Å². The lowest BCUT2D eigenvalue weighted by Crippen LogP contribution is -1.97. The SMILES string of the molecule is CS(=O)(=O)c1cc(Br)c(-c2ccco2)c(Br)c1. The Morgan fingerprint density at radius 3 is 2.18 bits per heavy atom. The molecule has 1 aromatic carbocycles. The summed E-state index contributed by atoms with van der Waals surface area (Å²) in [4.78, 5) is 0.256. The highest BCUT2D eigenvalue weighted by Gasteiger charge is 2.16. The second-order valence-electron chi connectivity index (χ2n) is 3.51. The van der Waals surface area contributed by atoms with Gasteiger partial charge in [-0.1, -0.05) is 0 Å². The standard InChI is InChI=1S/C11H8Br2O3S/c1-17(14,15)7-5-8(12)11(9(13)6-7)10-3-2-4-16-10/h2-6H,1H3. The molecule has 0 spiro atoms. The Morgan fingerprint density at radius 1 is 1.18 bits per heavy atom. The van der Waals surface area contributed by atoms with Crippen LogP contribution in [0.1, 0.15) is 0 Å². The van der Waals surface area contributed by atoms with E-state index in [0.29, 0.717) is 14.7 Å². The molecule has 2 aromatic rings. The second-order valence-corrected chi connectivity index (χ2v) is 7.24. The molecule has 6 heteroatoms. The first-order chi connectivity index (χ1) is 7.89. The Balaban J connectivity index is 2.67. The van der Waals surface area contributed by atoms with Crippen molar-refractivity contribution in [1.29, 1.82) is 0 Å². The zero-order valence-corrected chi connectivity index (χ0v) is 12.8. The highest BCUT2D eigenvalue weighted by atomic mass is 79.9. The van der Waals surface area contributed by atoms with Crippen LogP contribution in [0.5, 0.6) is 0 Å². The highest BCUT2D eigenvalue weighted by molar-refractivity contribution is 9.11. The van der Waals surface area contributed by atoms with E-state index in [2.05, 4.69) is 31.9 Å². The molecular formula is C11H8Br2O3S. The monoisotopic (exact) mass is 378 g/mol. The number of halogens is 2. The van der Waals surface area contributed by atoms with Gasteiger partial charge in [-0.15, -0.1) is 0 Å². The number of hydrogen-bond donors (Lipinski definition) is 0. The Kier molecular flexibility index (Phi) is 3.47. The summed E-state index contributed by atoms with van der Waals surface area (Å²) in [7, 11) is -3.22. The highest BCUT2D eigenvalue weighted by Crippen LogP contribution is 2.37. The van der Waals surface area contributed by atoms with Crippen LogP contribution in [-0.4, -0.2) is 14.7 Å². The van der Waals surface area contributed by atoms with Gasteiger partial charge in [-0.3, -0.25) is 0 Å². The van der Waals surface area contributed by atoms with Crippen LogP contribution < -0.4 is 0 Å². The molecule has 0 bridgehead atoms. The molecule has 0 radical (unpaired) electrons. The predicted molar refractivity (Wildman–Crippen MR) is 72.7 cm³/mol. The molecule has 0 N–H and O–H groups in total. The normalized spacial score (nSPS) is 11.7. The fraction of sp³-hybridized carbons (Fsp3) is 0.0909. The maximum atomic E-state index is 11.5. The van der Waals surface area contributed by atoms with Gasteiger partial charge in [-0.05, 0) is 56.1 Å². The zero-order valence-electron chi connectivity index (χ0n) is 8.78. The smallest absolute Gasteiger partial charge is 0.175 e. The molecule has 1 heterocycles. The molecule has 0 saturated heterocycles. The van der Waals surface area contributed by atoms with Gasteiger partial charge < -0.3 is 4.42 Å². The maximum Gasteiger partial charge on any atom is 0.175 e. The summed E-state index contributed by atoms with van der Waals surface area (Å²) < 4.78 is 29.6. The van der Waals surface area contributed by atoms with Crippen LogP contribution in [0.15, 0.2) is 48.8 Å². The summed E-state index contributed by atoms with van der Waals surface area (Å²) in [5, 5.41) is 0. The van der Waals surface area contributed by atoms with E-state index in [-0.39, 0.29) is 4.90 Å². The number of sulfone groups is 1. The third-order valence-corrected chi connectivity index (χ3v) is 4.55. The van der Waals surface area contributed by atoms with E-state index in [1.807, 2.05) is 6.07 Å². The largest absolute Gasteiger partial charge is 0.464 e. The van der Waals surface area contributed by atoms with Crippen LogP contribution in [-0.2, 0) is 9.84 Å². The van der Waals surface area contributed by atoms with Crippen molar-refractivity contribution in [2.24, 2.45) is 0 Å². The first-order valence-corrected chi connectivity index (χ1v) is 8.10. The first-order valence-electron chi connectivity index (χ1n) is 4.62. The maximum absolute atomic E-state index is 11.5. The molecule has 0 aliphatic carbocycles. The number of benzene rings is 1. The molecule has 2 rings (SSSR count). The van der Waals surface area contributed by atoms with Crippen molar-refractivity contribution in [3.63, 3.8) is 0 Å². The van der Waals surface area contributed by atoms with E-state index >= 15 is 0 Å². The molecule has 0 unspecified atom stereocenters. The van der Waals surface area contributed by atoms with E-state index in [1.165, 1.54) is 6.26 Å². The van der Waals surface area contributed by atoms with Crippen molar-refractivity contribution in [2.75, 3.05) is 6.26 Å². The van der Waals surface area contributed by atoms with Crippen molar-refractivity contribution in [1.82, 2.24) is 0 Å². The second kappa shape index (κ2) is 4.59. The minimum atomic E-state index is -3.22. The fourth-order valence-electron chi connectivity index (χ4n) is 1.42. The summed E-state index contributed by atoms with van der Waals surface area (Å²) in [5.41, 5.74) is 0.794. The Bertz CT molecular complexity index is 622. The van der Waals surface area contributed by atoms with E-state index in [4.69, 9.17) is 4.42 Å². The van der Waals surface area contributed by atoms with Gasteiger partial charge in [0.25, 0.3) is 0 Å². The van der Waals surface area contributed by atoms with E-state index in [9.17, 15) is 8.42 Å². The quantitative estimate of drug-likeness (QED) is 0.795. The molecule has 0 atom stereocenters. The van der Waals surface area contributed by atoms with Gasteiger partial charge in [0.15, 0.2) is 9.84 Å². The summed E-state index contributed by atoms with van der Waals surface area (Å²) in [6, 6.07) is 6.72.